The molecule has 1 aliphatic heterocycles. The summed E-state index contributed by atoms with van der Waals surface area (Å²) in [7, 11) is -2.23. The summed E-state index contributed by atoms with van der Waals surface area (Å²) < 4.78 is 53.2. The van der Waals surface area contributed by atoms with E-state index in [1.165, 1.54) is 24.4 Å². The molecular weight excluding hydrogens is 419 g/mol. The molecule has 1 aromatic heterocycles. The molecule has 2 heterocycles. The van der Waals surface area contributed by atoms with Crippen LogP contribution in [0.2, 0.25) is 0 Å². The van der Waals surface area contributed by atoms with Gasteiger partial charge >= 0.3 is 0 Å². The molecule has 0 bridgehead atoms. The molecule has 0 aliphatic carbocycles. The van der Waals surface area contributed by atoms with Crippen molar-refractivity contribution in [2.24, 2.45) is 0 Å². The molecule has 0 spiro atoms. The molecule has 4 rings (SSSR count). The largest absolute Gasteiger partial charge is 0.451 e. The van der Waals surface area contributed by atoms with E-state index in [0.29, 0.717) is 18.0 Å². The molecule has 0 fully saturated rings. The highest BCUT2D eigenvalue weighted by atomic mass is 35.5. The van der Waals surface area contributed by atoms with E-state index in [-0.39, 0.29) is 28.6 Å². The summed E-state index contributed by atoms with van der Waals surface area (Å²) in [4.78, 5) is 0.0353. The highest BCUT2D eigenvalue weighted by Crippen LogP contribution is 2.37. The first-order valence-corrected chi connectivity index (χ1v) is 10.2. The van der Waals surface area contributed by atoms with Crippen LogP contribution in [0.4, 0.5) is 4.39 Å². The van der Waals surface area contributed by atoms with Gasteiger partial charge in [-0.25, -0.2) is 16.8 Å². The molecule has 0 amide bonds. The maximum atomic E-state index is 14.4. The summed E-state index contributed by atoms with van der Waals surface area (Å²) in [6.07, 6.45) is 1.02. The van der Waals surface area contributed by atoms with Crippen LogP contribution in [-0.4, -0.2) is 25.7 Å². The molecule has 1 unspecified atom stereocenters. The van der Waals surface area contributed by atoms with Gasteiger partial charge in [0.1, 0.15) is 5.82 Å². The van der Waals surface area contributed by atoms with Crippen LogP contribution in [0.3, 0.4) is 0 Å². The van der Waals surface area contributed by atoms with Crippen LogP contribution in [0, 0.1) is 5.82 Å². The third-order valence-corrected chi connectivity index (χ3v) is 6.10. The van der Waals surface area contributed by atoms with Crippen molar-refractivity contribution in [1.82, 2.24) is 9.29 Å². The van der Waals surface area contributed by atoms with E-state index in [1.54, 1.807) is 44.3 Å². The molecular formula is C20H20ClFN2O4S. The number of rotatable bonds is 5. The molecule has 9 heteroatoms. The van der Waals surface area contributed by atoms with Gasteiger partial charge in [0.2, 0.25) is 6.29 Å². The lowest BCUT2D eigenvalue weighted by atomic mass is 10.1. The van der Waals surface area contributed by atoms with Crippen molar-refractivity contribution in [1.29, 1.82) is 0 Å². The second-order valence-electron chi connectivity index (χ2n) is 6.46. The number of nitrogens with one attached hydrogen (secondary N) is 1. The normalized spacial score (nSPS) is 15.2. The van der Waals surface area contributed by atoms with Crippen LogP contribution in [0.15, 0.2) is 59.6 Å². The van der Waals surface area contributed by atoms with Crippen molar-refractivity contribution in [3.8, 4) is 22.8 Å². The Hall–Kier alpha value is -2.55. The summed E-state index contributed by atoms with van der Waals surface area (Å²) in [5.74, 6) is 0.361. The van der Waals surface area contributed by atoms with Gasteiger partial charge < -0.3 is 14.8 Å². The monoisotopic (exact) mass is 438 g/mol. The van der Waals surface area contributed by atoms with Crippen molar-refractivity contribution in [3.05, 3.63) is 66.1 Å². The summed E-state index contributed by atoms with van der Waals surface area (Å²) in [6.45, 7) is 2.17. The van der Waals surface area contributed by atoms with E-state index in [4.69, 9.17) is 9.47 Å². The molecule has 6 nitrogen and oxygen atoms in total. The zero-order valence-corrected chi connectivity index (χ0v) is 17.4. The first-order chi connectivity index (χ1) is 13.4. The zero-order chi connectivity index (χ0) is 19.9. The van der Waals surface area contributed by atoms with E-state index in [9.17, 15) is 12.8 Å². The number of ether oxygens (including phenoxy) is 2. The molecule has 2 aromatic carbocycles. The fourth-order valence-electron chi connectivity index (χ4n) is 3.20. The molecule has 1 atom stereocenters. The Bertz CT molecular complexity index is 1150. The average molecular weight is 439 g/mol. The van der Waals surface area contributed by atoms with Crippen molar-refractivity contribution in [2.45, 2.75) is 24.7 Å². The Morgan fingerprint density at radius 1 is 1.10 bits per heavy atom. The van der Waals surface area contributed by atoms with E-state index >= 15 is 0 Å². The molecule has 0 saturated carbocycles. The summed E-state index contributed by atoms with van der Waals surface area (Å²) in [5, 5.41) is 2.98. The Labute approximate surface area is 174 Å². The van der Waals surface area contributed by atoms with Gasteiger partial charge in [-0.1, -0.05) is 12.1 Å². The van der Waals surface area contributed by atoms with Crippen molar-refractivity contribution >= 4 is 22.4 Å². The van der Waals surface area contributed by atoms with Crippen molar-refractivity contribution in [3.63, 3.8) is 0 Å². The number of hydrogen-bond donors (Lipinski definition) is 1. The van der Waals surface area contributed by atoms with Gasteiger partial charge in [0.25, 0.3) is 10.0 Å². The van der Waals surface area contributed by atoms with Gasteiger partial charge in [0.15, 0.2) is 11.5 Å². The highest BCUT2D eigenvalue weighted by molar-refractivity contribution is 7.90. The first-order valence-electron chi connectivity index (χ1n) is 8.74. The molecule has 1 aliphatic rings. The van der Waals surface area contributed by atoms with Gasteiger partial charge in [-0.15, -0.1) is 12.4 Å². The molecule has 1 N–H and O–H groups in total. The predicted octanol–water partition coefficient (Wildman–Crippen LogP) is 3.79. The first kappa shape index (κ1) is 21.2. The van der Waals surface area contributed by atoms with Crippen molar-refractivity contribution in [2.75, 3.05) is 7.05 Å². The van der Waals surface area contributed by atoms with Gasteiger partial charge in [0, 0.05) is 31.3 Å². The fourth-order valence-corrected chi connectivity index (χ4v) is 4.60. The van der Waals surface area contributed by atoms with Gasteiger partial charge in [-0.2, -0.15) is 0 Å². The fraction of sp³-hybridized carbons (Fsp3) is 0.200. The van der Waals surface area contributed by atoms with Crippen LogP contribution in [0.1, 0.15) is 12.5 Å². The topological polar surface area (TPSA) is 69.6 Å². The Balaban J connectivity index is 0.00000240. The Morgan fingerprint density at radius 3 is 2.55 bits per heavy atom. The molecule has 29 heavy (non-hydrogen) atoms. The van der Waals surface area contributed by atoms with Crippen LogP contribution in [0.5, 0.6) is 11.5 Å². The van der Waals surface area contributed by atoms with Gasteiger partial charge in [0.05, 0.1) is 10.6 Å². The number of benzene rings is 2. The van der Waals surface area contributed by atoms with E-state index < -0.39 is 22.1 Å². The number of halogens is 2. The van der Waals surface area contributed by atoms with Crippen LogP contribution in [0.25, 0.3) is 11.3 Å². The molecule has 0 radical (unpaired) electrons. The van der Waals surface area contributed by atoms with Crippen LogP contribution < -0.4 is 14.8 Å². The summed E-state index contributed by atoms with van der Waals surface area (Å²) in [6, 6.07) is 12.2. The minimum absolute atomic E-state index is 0. The Kier molecular flexibility index (Phi) is 5.88. The van der Waals surface area contributed by atoms with Gasteiger partial charge in [-0.05, 0) is 42.9 Å². The zero-order valence-electron chi connectivity index (χ0n) is 15.8. The smallest absolute Gasteiger partial charge is 0.268 e. The number of aromatic nitrogens is 1. The third kappa shape index (κ3) is 3.83. The lowest BCUT2D eigenvalue weighted by Gasteiger charge is -2.11. The Morgan fingerprint density at radius 2 is 1.83 bits per heavy atom. The lowest BCUT2D eigenvalue weighted by Crippen LogP contribution is -2.14. The second-order valence-corrected chi connectivity index (χ2v) is 8.27. The number of hydrogen-bond acceptors (Lipinski definition) is 5. The predicted molar refractivity (Wildman–Crippen MR) is 110 cm³/mol. The molecule has 154 valence electrons. The molecule has 0 saturated heterocycles. The maximum Gasteiger partial charge on any atom is 0.268 e. The average Bonchev–Trinajstić information content (AvgIpc) is 3.24. The van der Waals surface area contributed by atoms with Gasteiger partial charge in [-0.3, -0.25) is 0 Å². The van der Waals surface area contributed by atoms with Crippen LogP contribution >= 0.6 is 12.4 Å². The number of fused-ring (bicyclic) bond motifs is 1. The van der Waals surface area contributed by atoms with E-state index in [1.807, 2.05) is 0 Å². The second kappa shape index (κ2) is 8.06. The maximum absolute atomic E-state index is 14.4. The summed E-state index contributed by atoms with van der Waals surface area (Å²) in [5.41, 5.74) is 1.19. The summed E-state index contributed by atoms with van der Waals surface area (Å²) >= 11 is 0. The molecule has 3 aromatic rings. The third-order valence-electron chi connectivity index (χ3n) is 4.43. The highest BCUT2D eigenvalue weighted by Gasteiger charge is 2.27. The number of nitrogens with zero attached hydrogens (tertiary/aromatic N) is 1. The van der Waals surface area contributed by atoms with Crippen LogP contribution in [-0.2, 0) is 16.6 Å². The minimum Gasteiger partial charge on any atom is -0.451 e. The SMILES string of the molecule is CNCc1cc(-c2ccccc2F)n(S(=O)(=O)c2ccc3c(c2)OC(C)O3)c1.Cl. The standard InChI is InChI=1S/C20H19FN2O4S.ClH/c1-13-26-19-8-7-15(10-20(19)27-13)28(24,25)23-12-14(11-22-2)9-18(23)16-5-3-4-6-17(16)21;/h3-10,12-13,22H,11H2,1-2H3;1H. The van der Waals surface area contributed by atoms with E-state index in [2.05, 4.69) is 5.32 Å². The van der Waals surface area contributed by atoms with Crippen molar-refractivity contribution < 1.29 is 22.3 Å². The lowest BCUT2D eigenvalue weighted by molar-refractivity contribution is 0.0678. The van der Waals surface area contributed by atoms with E-state index in [0.717, 1.165) is 9.54 Å². The quantitative estimate of drug-likeness (QED) is 0.656. The minimum atomic E-state index is -3.98.